The third-order valence-electron chi connectivity index (χ3n) is 4.41. The number of nitro groups is 1. The molecule has 0 radical (unpaired) electrons. The minimum absolute atomic E-state index is 0.0459. The molecule has 7 nitrogen and oxygen atoms in total. The molecule has 0 aliphatic carbocycles. The van der Waals surface area contributed by atoms with Crippen molar-refractivity contribution in [3.05, 3.63) is 80.5 Å². The first-order chi connectivity index (χ1) is 13.2. The molecule has 2 aromatic carbocycles. The van der Waals surface area contributed by atoms with Crippen LogP contribution < -0.4 is 16.0 Å². The Hall–Kier alpha value is -3.26. The molecule has 1 aliphatic heterocycles. The van der Waals surface area contributed by atoms with Crippen molar-refractivity contribution in [2.24, 2.45) is 0 Å². The minimum atomic E-state index is -0.598. The molecule has 3 rings (SSSR count). The van der Waals surface area contributed by atoms with E-state index in [-0.39, 0.29) is 11.6 Å². The van der Waals surface area contributed by atoms with Crippen molar-refractivity contribution in [2.75, 3.05) is 5.32 Å². The summed E-state index contributed by atoms with van der Waals surface area (Å²) in [6, 6.07) is 11.4. The fourth-order valence-corrected chi connectivity index (χ4v) is 3.58. The van der Waals surface area contributed by atoms with Crippen LogP contribution in [0.3, 0.4) is 0 Å². The molecule has 1 aliphatic rings. The molecule has 1 heterocycles. The number of hydrogen-bond acceptors (Lipinski definition) is 4. The third-order valence-corrected chi connectivity index (χ3v) is 4.63. The number of aryl methyl sites for hydroxylation is 2. The zero-order chi connectivity index (χ0) is 20.4. The first-order valence-electron chi connectivity index (χ1n) is 8.67. The van der Waals surface area contributed by atoms with Gasteiger partial charge in [0.2, 0.25) is 0 Å². The van der Waals surface area contributed by atoms with Crippen molar-refractivity contribution in [3.8, 4) is 0 Å². The van der Waals surface area contributed by atoms with Gasteiger partial charge in [0, 0.05) is 23.5 Å². The minimum Gasteiger partial charge on any atom is -0.351 e. The van der Waals surface area contributed by atoms with Gasteiger partial charge in [0.25, 0.3) is 11.6 Å². The second-order valence-corrected chi connectivity index (χ2v) is 7.16. The van der Waals surface area contributed by atoms with Crippen LogP contribution in [0.4, 0.5) is 11.4 Å². The second kappa shape index (κ2) is 7.77. The van der Waals surface area contributed by atoms with E-state index in [1.165, 1.54) is 12.1 Å². The van der Waals surface area contributed by atoms with Gasteiger partial charge in [0.05, 0.1) is 16.5 Å². The van der Waals surface area contributed by atoms with Crippen molar-refractivity contribution in [3.63, 3.8) is 0 Å². The highest BCUT2D eigenvalue weighted by Crippen LogP contribution is 2.30. The predicted octanol–water partition coefficient (Wildman–Crippen LogP) is 3.64. The molecular weight excluding hydrogens is 376 g/mol. The van der Waals surface area contributed by atoms with Gasteiger partial charge in [-0.05, 0) is 61.8 Å². The number of nitro benzene ring substituents is 1. The Balaban J connectivity index is 1.98. The normalized spacial score (nSPS) is 16.2. The quantitative estimate of drug-likeness (QED) is 0.415. The number of carbonyl (C=O) groups excluding carboxylic acids is 1. The molecule has 2 aromatic rings. The Bertz CT molecular complexity index is 996. The highest BCUT2D eigenvalue weighted by Gasteiger charge is 2.30. The lowest BCUT2D eigenvalue weighted by Gasteiger charge is -2.30. The fraction of sp³-hybridized carbons (Fsp3) is 0.200. The van der Waals surface area contributed by atoms with Crippen LogP contribution in [-0.2, 0) is 4.79 Å². The number of non-ortho nitro benzene ring substituents is 1. The van der Waals surface area contributed by atoms with E-state index in [1.54, 1.807) is 19.1 Å². The first-order valence-corrected chi connectivity index (χ1v) is 9.07. The van der Waals surface area contributed by atoms with Crippen LogP contribution in [-0.4, -0.2) is 15.9 Å². The number of amides is 1. The van der Waals surface area contributed by atoms with Crippen molar-refractivity contribution in [1.82, 2.24) is 10.6 Å². The summed E-state index contributed by atoms with van der Waals surface area (Å²) in [4.78, 5) is 23.8. The number of benzene rings is 2. The maximum atomic E-state index is 13.1. The van der Waals surface area contributed by atoms with Crippen LogP contribution >= 0.6 is 12.2 Å². The van der Waals surface area contributed by atoms with Crippen molar-refractivity contribution >= 4 is 34.6 Å². The van der Waals surface area contributed by atoms with Crippen LogP contribution in [0.25, 0.3) is 0 Å². The molecule has 1 atom stereocenters. The van der Waals surface area contributed by atoms with E-state index < -0.39 is 11.0 Å². The Morgan fingerprint density at radius 3 is 2.46 bits per heavy atom. The Kier molecular flexibility index (Phi) is 5.41. The monoisotopic (exact) mass is 396 g/mol. The summed E-state index contributed by atoms with van der Waals surface area (Å²) in [5.41, 5.74) is 4.33. The van der Waals surface area contributed by atoms with Gasteiger partial charge in [0.1, 0.15) is 0 Å². The number of rotatable bonds is 4. The lowest BCUT2D eigenvalue weighted by atomic mass is 9.94. The number of allylic oxidation sites excluding steroid dienone is 1. The van der Waals surface area contributed by atoms with Gasteiger partial charge in [-0.15, -0.1) is 0 Å². The summed E-state index contributed by atoms with van der Waals surface area (Å²) >= 11 is 5.23. The first kappa shape index (κ1) is 19.5. The van der Waals surface area contributed by atoms with Gasteiger partial charge < -0.3 is 16.0 Å². The topological polar surface area (TPSA) is 96.3 Å². The van der Waals surface area contributed by atoms with Crippen molar-refractivity contribution in [1.29, 1.82) is 0 Å². The summed E-state index contributed by atoms with van der Waals surface area (Å²) < 4.78 is 0. The van der Waals surface area contributed by atoms with Crippen LogP contribution in [0, 0.1) is 24.0 Å². The molecule has 0 fully saturated rings. The van der Waals surface area contributed by atoms with E-state index in [1.807, 2.05) is 32.0 Å². The van der Waals surface area contributed by atoms with E-state index in [0.717, 1.165) is 11.1 Å². The van der Waals surface area contributed by atoms with Gasteiger partial charge in [-0.25, -0.2) is 0 Å². The van der Waals surface area contributed by atoms with Gasteiger partial charge in [-0.3, -0.25) is 14.9 Å². The van der Waals surface area contributed by atoms with E-state index in [9.17, 15) is 14.9 Å². The van der Waals surface area contributed by atoms with Gasteiger partial charge in [0.15, 0.2) is 5.11 Å². The second-order valence-electron chi connectivity index (χ2n) is 6.75. The van der Waals surface area contributed by atoms with Crippen LogP contribution in [0.5, 0.6) is 0 Å². The van der Waals surface area contributed by atoms with Gasteiger partial charge >= 0.3 is 0 Å². The SMILES string of the molecule is CC1=C(C(=O)Nc2cc(C)cc(C)c2)C(c2cccc([N+](=O)[O-])c2)NC(=S)N1. The lowest BCUT2D eigenvalue weighted by molar-refractivity contribution is -0.384. The van der Waals surface area contributed by atoms with Gasteiger partial charge in [-0.2, -0.15) is 0 Å². The number of hydrogen-bond donors (Lipinski definition) is 3. The molecular formula is C20H20N4O3S. The summed E-state index contributed by atoms with van der Waals surface area (Å²) in [7, 11) is 0. The molecule has 8 heteroatoms. The number of thiocarbonyl (C=S) groups is 1. The summed E-state index contributed by atoms with van der Waals surface area (Å²) in [6.45, 7) is 5.68. The molecule has 0 spiro atoms. The van der Waals surface area contributed by atoms with Crippen molar-refractivity contribution in [2.45, 2.75) is 26.8 Å². The molecule has 0 aromatic heterocycles. The molecule has 3 N–H and O–H groups in total. The molecule has 1 amide bonds. The largest absolute Gasteiger partial charge is 0.351 e. The van der Waals surface area contributed by atoms with E-state index >= 15 is 0 Å². The lowest BCUT2D eigenvalue weighted by Crippen LogP contribution is -2.45. The highest BCUT2D eigenvalue weighted by atomic mass is 32.1. The number of anilines is 1. The maximum Gasteiger partial charge on any atom is 0.269 e. The fourth-order valence-electron chi connectivity index (χ4n) is 3.31. The standard InChI is InChI=1S/C20H20N4O3S/c1-11-7-12(2)9-15(8-11)22-19(25)17-13(3)21-20(28)23-18(17)14-5-4-6-16(10-14)24(26)27/h4-10,18H,1-3H3,(H,22,25)(H2,21,23,28). The zero-order valence-electron chi connectivity index (χ0n) is 15.7. The number of carbonyl (C=O) groups is 1. The highest BCUT2D eigenvalue weighted by molar-refractivity contribution is 7.80. The molecule has 1 unspecified atom stereocenters. The molecule has 144 valence electrons. The van der Waals surface area contributed by atoms with E-state index in [0.29, 0.717) is 27.6 Å². The summed E-state index contributed by atoms with van der Waals surface area (Å²) in [6.07, 6.45) is 0. The molecule has 0 bridgehead atoms. The van der Waals surface area contributed by atoms with Crippen LogP contribution in [0.15, 0.2) is 53.7 Å². The predicted molar refractivity (Wildman–Crippen MR) is 112 cm³/mol. The summed E-state index contributed by atoms with van der Waals surface area (Å²) in [5, 5.41) is 20.4. The van der Waals surface area contributed by atoms with Crippen LogP contribution in [0.1, 0.15) is 29.7 Å². The average molecular weight is 396 g/mol. The maximum absolute atomic E-state index is 13.1. The number of nitrogens with one attached hydrogen (secondary N) is 3. The van der Waals surface area contributed by atoms with Gasteiger partial charge in [-0.1, -0.05) is 18.2 Å². The number of nitrogens with zero attached hydrogens (tertiary/aromatic N) is 1. The Morgan fingerprint density at radius 2 is 1.82 bits per heavy atom. The Morgan fingerprint density at radius 1 is 1.14 bits per heavy atom. The third kappa shape index (κ3) is 4.17. The van der Waals surface area contributed by atoms with E-state index in [2.05, 4.69) is 16.0 Å². The Labute approximate surface area is 168 Å². The van der Waals surface area contributed by atoms with Crippen molar-refractivity contribution < 1.29 is 9.72 Å². The summed E-state index contributed by atoms with van der Waals surface area (Å²) in [5.74, 6) is -0.304. The van der Waals surface area contributed by atoms with E-state index in [4.69, 9.17) is 12.2 Å². The zero-order valence-corrected chi connectivity index (χ0v) is 16.5. The smallest absolute Gasteiger partial charge is 0.269 e. The van der Waals surface area contributed by atoms with Crippen LogP contribution in [0.2, 0.25) is 0 Å². The molecule has 0 saturated carbocycles. The molecule has 0 saturated heterocycles. The average Bonchev–Trinajstić information content (AvgIpc) is 2.60. The molecule has 28 heavy (non-hydrogen) atoms.